The number of halogens is 1. The standard InChI is InChI=1S/C8H4ClNO/c9-8-2-1-6(5-11)7(3-8)4-10/h1-3,5H. The molecule has 54 valence electrons. The predicted octanol–water partition coefficient (Wildman–Crippen LogP) is 2.02. The van der Waals surface area contributed by atoms with Crippen molar-refractivity contribution in [3.05, 3.63) is 34.3 Å². The molecular formula is C8H4ClNO. The van der Waals surface area contributed by atoms with Gasteiger partial charge in [-0.3, -0.25) is 4.79 Å². The molecule has 3 heteroatoms. The topological polar surface area (TPSA) is 40.9 Å². The van der Waals surface area contributed by atoms with Crippen LogP contribution in [0.2, 0.25) is 5.02 Å². The molecule has 0 fully saturated rings. The second-order valence-corrected chi connectivity index (χ2v) is 2.40. The number of nitrogens with zero attached hydrogens (tertiary/aromatic N) is 1. The second kappa shape index (κ2) is 3.18. The first-order valence-corrected chi connectivity index (χ1v) is 3.30. The van der Waals surface area contributed by atoms with Crippen LogP contribution in [0.25, 0.3) is 0 Å². The summed E-state index contributed by atoms with van der Waals surface area (Å²) >= 11 is 5.59. The van der Waals surface area contributed by atoms with Crippen LogP contribution < -0.4 is 0 Å². The van der Waals surface area contributed by atoms with Gasteiger partial charge in [-0.05, 0) is 18.2 Å². The third-order valence-electron chi connectivity index (χ3n) is 1.26. The van der Waals surface area contributed by atoms with Gasteiger partial charge in [0.1, 0.15) is 0 Å². The Morgan fingerprint density at radius 3 is 2.82 bits per heavy atom. The summed E-state index contributed by atoms with van der Waals surface area (Å²) in [6.45, 7) is 0. The lowest BCUT2D eigenvalue weighted by Gasteiger charge is -1.93. The lowest BCUT2D eigenvalue weighted by molar-refractivity contribution is 0.112. The van der Waals surface area contributed by atoms with Crippen LogP contribution >= 0.6 is 11.6 Å². The van der Waals surface area contributed by atoms with Crippen molar-refractivity contribution in [1.29, 1.82) is 5.26 Å². The lowest BCUT2D eigenvalue weighted by Crippen LogP contribution is -1.85. The van der Waals surface area contributed by atoms with Crippen molar-refractivity contribution >= 4 is 17.9 Å². The van der Waals surface area contributed by atoms with Crippen LogP contribution in [0.1, 0.15) is 15.9 Å². The molecule has 1 aromatic carbocycles. The minimum Gasteiger partial charge on any atom is -0.298 e. The Balaban J connectivity index is 3.30. The van der Waals surface area contributed by atoms with E-state index < -0.39 is 0 Å². The average Bonchev–Trinajstić information content (AvgIpc) is 2.04. The fraction of sp³-hybridized carbons (Fsp3) is 0. The number of carbonyl (C=O) groups excluding carboxylic acids is 1. The number of hydrogen-bond donors (Lipinski definition) is 0. The van der Waals surface area contributed by atoms with Gasteiger partial charge in [0, 0.05) is 10.6 Å². The minimum atomic E-state index is 0.313. The van der Waals surface area contributed by atoms with Gasteiger partial charge in [0.25, 0.3) is 0 Å². The molecule has 0 aliphatic rings. The van der Waals surface area contributed by atoms with E-state index in [0.717, 1.165) is 0 Å². The van der Waals surface area contributed by atoms with E-state index >= 15 is 0 Å². The molecule has 1 aromatic rings. The van der Waals surface area contributed by atoms with Crippen molar-refractivity contribution < 1.29 is 4.79 Å². The maximum absolute atomic E-state index is 10.3. The fourth-order valence-electron chi connectivity index (χ4n) is 0.728. The van der Waals surface area contributed by atoms with Gasteiger partial charge in [0.15, 0.2) is 6.29 Å². The first-order valence-electron chi connectivity index (χ1n) is 2.93. The largest absolute Gasteiger partial charge is 0.298 e. The van der Waals surface area contributed by atoms with Crippen LogP contribution in [0.4, 0.5) is 0 Å². The Morgan fingerprint density at radius 2 is 2.27 bits per heavy atom. The Kier molecular flexibility index (Phi) is 2.25. The Morgan fingerprint density at radius 1 is 1.55 bits per heavy atom. The molecule has 0 aromatic heterocycles. The zero-order chi connectivity index (χ0) is 8.27. The van der Waals surface area contributed by atoms with E-state index in [-0.39, 0.29) is 0 Å². The van der Waals surface area contributed by atoms with Crippen LogP contribution in [0.3, 0.4) is 0 Å². The van der Waals surface area contributed by atoms with E-state index in [1.54, 1.807) is 6.07 Å². The molecule has 11 heavy (non-hydrogen) atoms. The lowest BCUT2D eigenvalue weighted by atomic mass is 10.1. The van der Waals surface area contributed by atoms with Crippen LogP contribution in [-0.4, -0.2) is 6.29 Å². The molecule has 0 unspecified atom stereocenters. The van der Waals surface area contributed by atoms with E-state index in [1.165, 1.54) is 12.1 Å². The summed E-state index contributed by atoms with van der Waals surface area (Å²) in [6, 6.07) is 6.43. The summed E-state index contributed by atoms with van der Waals surface area (Å²) in [4.78, 5) is 10.3. The van der Waals surface area contributed by atoms with E-state index in [4.69, 9.17) is 16.9 Å². The summed E-state index contributed by atoms with van der Waals surface area (Å²) in [6.07, 6.45) is 0.634. The van der Waals surface area contributed by atoms with Gasteiger partial charge in [0.2, 0.25) is 0 Å². The molecule has 0 heterocycles. The van der Waals surface area contributed by atoms with Crippen molar-refractivity contribution in [2.45, 2.75) is 0 Å². The van der Waals surface area contributed by atoms with Crippen molar-refractivity contribution in [3.63, 3.8) is 0 Å². The van der Waals surface area contributed by atoms with Crippen molar-refractivity contribution in [1.82, 2.24) is 0 Å². The number of nitriles is 1. The molecular weight excluding hydrogens is 162 g/mol. The fourth-order valence-corrected chi connectivity index (χ4v) is 0.900. The minimum absolute atomic E-state index is 0.313. The van der Waals surface area contributed by atoms with E-state index in [2.05, 4.69) is 0 Å². The van der Waals surface area contributed by atoms with Crippen molar-refractivity contribution in [2.75, 3.05) is 0 Å². The molecule has 0 aliphatic carbocycles. The SMILES string of the molecule is N#Cc1cc(Cl)ccc1C=O. The normalized spacial score (nSPS) is 8.73. The molecule has 1 rings (SSSR count). The number of benzene rings is 1. The first-order chi connectivity index (χ1) is 5.27. The Labute approximate surface area is 69.0 Å². The molecule has 0 radical (unpaired) electrons. The molecule has 2 nitrogen and oxygen atoms in total. The number of rotatable bonds is 1. The third-order valence-corrected chi connectivity index (χ3v) is 1.50. The summed E-state index contributed by atoms with van der Waals surface area (Å²) in [5, 5.41) is 8.97. The molecule has 0 bridgehead atoms. The van der Waals surface area contributed by atoms with Crippen molar-refractivity contribution in [2.24, 2.45) is 0 Å². The smallest absolute Gasteiger partial charge is 0.151 e. The van der Waals surface area contributed by atoms with Crippen molar-refractivity contribution in [3.8, 4) is 6.07 Å². The van der Waals surface area contributed by atoms with Gasteiger partial charge in [-0.25, -0.2) is 0 Å². The molecule has 0 saturated heterocycles. The zero-order valence-corrected chi connectivity index (χ0v) is 6.30. The van der Waals surface area contributed by atoms with Gasteiger partial charge in [-0.1, -0.05) is 11.6 Å². The average molecular weight is 166 g/mol. The van der Waals surface area contributed by atoms with E-state index in [1.807, 2.05) is 6.07 Å². The summed E-state index contributed by atoms with van der Waals surface area (Å²) < 4.78 is 0. The van der Waals surface area contributed by atoms with Gasteiger partial charge >= 0.3 is 0 Å². The molecule has 0 spiro atoms. The Hall–Kier alpha value is -1.33. The number of aldehydes is 1. The van der Waals surface area contributed by atoms with Crippen LogP contribution in [-0.2, 0) is 0 Å². The predicted molar refractivity (Wildman–Crippen MR) is 41.6 cm³/mol. The van der Waals surface area contributed by atoms with Gasteiger partial charge in [-0.2, -0.15) is 5.26 Å². The third kappa shape index (κ3) is 1.57. The second-order valence-electron chi connectivity index (χ2n) is 1.96. The quantitative estimate of drug-likeness (QED) is 0.598. The first kappa shape index (κ1) is 7.77. The maximum atomic E-state index is 10.3. The molecule has 0 atom stereocenters. The highest BCUT2D eigenvalue weighted by Crippen LogP contribution is 2.13. The van der Waals surface area contributed by atoms with Gasteiger partial charge in [-0.15, -0.1) is 0 Å². The van der Waals surface area contributed by atoms with Gasteiger partial charge < -0.3 is 0 Å². The highest BCUT2D eigenvalue weighted by molar-refractivity contribution is 6.30. The number of carbonyl (C=O) groups is 1. The van der Waals surface area contributed by atoms with E-state index in [9.17, 15) is 4.79 Å². The number of hydrogen-bond acceptors (Lipinski definition) is 2. The molecule has 0 aliphatic heterocycles. The van der Waals surface area contributed by atoms with Gasteiger partial charge in [0.05, 0.1) is 11.6 Å². The van der Waals surface area contributed by atoms with E-state index in [0.29, 0.717) is 22.4 Å². The maximum Gasteiger partial charge on any atom is 0.151 e. The highest BCUT2D eigenvalue weighted by atomic mass is 35.5. The Bertz CT molecular complexity index is 327. The summed E-state index contributed by atoms with van der Waals surface area (Å²) in [5.41, 5.74) is 0.685. The molecule has 0 amide bonds. The summed E-state index contributed by atoms with van der Waals surface area (Å²) in [7, 11) is 0. The zero-order valence-electron chi connectivity index (χ0n) is 5.54. The van der Waals surface area contributed by atoms with Crippen LogP contribution in [0, 0.1) is 11.3 Å². The monoisotopic (exact) mass is 165 g/mol. The van der Waals surface area contributed by atoms with Crippen LogP contribution in [0.5, 0.6) is 0 Å². The highest BCUT2D eigenvalue weighted by Gasteiger charge is 1.99. The summed E-state index contributed by atoms with van der Waals surface area (Å²) in [5.74, 6) is 0. The molecule has 0 N–H and O–H groups in total. The molecule has 0 saturated carbocycles. The van der Waals surface area contributed by atoms with Crippen LogP contribution in [0.15, 0.2) is 18.2 Å².